The number of nitrogens with zero attached hydrogens (tertiary/aromatic N) is 2. The maximum atomic E-state index is 12.3. The molecule has 1 fully saturated rings. The molecule has 0 spiro atoms. The van der Waals surface area contributed by atoms with Crippen LogP contribution < -0.4 is 10.1 Å². The van der Waals surface area contributed by atoms with Gasteiger partial charge in [0.2, 0.25) is 0 Å². The summed E-state index contributed by atoms with van der Waals surface area (Å²) in [6.45, 7) is 6.49. The fourth-order valence-electron chi connectivity index (χ4n) is 4.00. The van der Waals surface area contributed by atoms with Gasteiger partial charge < -0.3 is 19.7 Å². The molecule has 168 valence electrons. The lowest BCUT2D eigenvalue weighted by molar-refractivity contribution is 0.0179. The number of nitrogens with one attached hydrogen (secondary N) is 1. The standard InChI is InChI=1S/C25H35N3O3/c1-25(2,3)31-24(29)28(4)22-8-6-21(7-9-22)27-17-18-14-20(16-23(15-18)30-5)19-10-12-26-13-11-19/h10-16,21-22,27H,6-9,17H2,1-5H3. The molecule has 0 aliphatic heterocycles. The van der Waals surface area contributed by atoms with Crippen molar-refractivity contribution >= 4 is 6.09 Å². The molecule has 0 bridgehead atoms. The normalized spacial score (nSPS) is 19.0. The average molecular weight is 426 g/mol. The molecule has 1 aliphatic carbocycles. The number of hydrogen-bond donors (Lipinski definition) is 1. The lowest BCUT2D eigenvalue weighted by Gasteiger charge is -2.35. The van der Waals surface area contributed by atoms with Crippen molar-refractivity contribution in [3.8, 4) is 16.9 Å². The van der Waals surface area contributed by atoms with E-state index < -0.39 is 5.60 Å². The Labute approximate surface area is 186 Å². The van der Waals surface area contributed by atoms with Crippen LogP contribution in [0.25, 0.3) is 11.1 Å². The number of hydrogen-bond acceptors (Lipinski definition) is 5. The van der Waals surface area contributed by atoms with Crippen LogP contribution in [0.2, 0.25) is 0 Å². The molecule has 31 heavy (non-hydrogen) atoms. The molecule has 1 aromatic heterocycles. The number of methoxy groups -OCH3 is 1. The fourth-order valence-corrected chi connectivity index (χ4v) is 4.00. The van der Waals surface area contributed by atoms with Crippen LogP contribution in [0.3, 0.4) is 0 Å². The van der Waals surface area contributed by atoms with Crippen LogP contribution in [-0.4, -0.2) is 47.8 Å². The zero-order chi connectivity index (χ0) is 22.4. The van der Waals surface area contributed by atoms with Crippen molar-refractivity contribution in [2.75, 3.05) is 14.2 Å². The maximum absolute atomic E-state index is 12.3. The number of aromatic nitrogens is 1. The first kappa shape index (κ1) is 23.1. The molecule has 1 saturated carbocycles. The molecule has 1 aliphatic rings. The van der Waals surface area contributed by atoms with Gasteiger partial charge in [-0.15, -0.1) is 0 Å². The minimum atomic E-state index is -0.462. The van der Waals surface area contributed by atoms with Crippen LogP contribution in [0.15, 0.2) is 42.7 Å². The van der Waals surface area contributed by atoms with Gasteiger partial charge >= 0.3 is 6.09 Å². The molecule has 2 aromatic rings. The number of ether oxygens (including phenoxy) is 2. The third-order valence-corrected chi connectivity index (χ3v) is 5.74. The quantitative estimate of drug-likeness (QED) is 0.704. The number of carbonyl (C=O) groups is 1. The first-order valence-electron chi connectivity index (χ1n) is 11.0. The minimum absolute atomic E-state index is 0.232. The van der Waals surface area contributed by atoms with Crippen molar-refractivity contribution in [2.24, 2.45) is 0 Å². The van der Waals surface area contributed by atoms with Crippen LogP contribution >= 0.6 is 0 Å². The zero-order valence-electron chi connectivity index (χ0n) is 19.4. The van der Waals surface area contributed by atoms with Crippen molar-refractivity contribution < 1.29 is 14.3 Å². The molecule has 0 saturated heterocycles. The number of rotatable bonds is 6. The molecule has 3 rings (SSSR count). The van der Waals surface area contributed by atoms with Gasteiger partial charge in [0.25, 0.3) is 0 Å². The van der Waals surface area contributed by atoms with Gasteiger partial charge in [-0.1, -0.05) is 0 Å². The predicted octanol–water partition coefficient (Wildman–Crippen LogP) is 5.02. The van der Waals surface area contributed by atoms with Crippen LogP contribution in [0.1, 0.15) is 52.0 Å². The lowest BCUT2D eigenvalue weighted by Crippen LogP contribution is -2.44. The lowest BCUT2D eigenvalue weighted by atomic mass is 9.90. The Bertz CT molecular complexity index is 856. The summed E-state index contributed by atoms with van der Waals surface area (Å²) in [6, 6.07) is 11.0. The van der Waals surface area contributed by atoms with E-state index in [1.54, 1.807) is 24.4 Å². The van der Waals surface area contributed by atoms with Gasteiger partial charge in [0.15, 0.2) is 0 Å². The van der Waals surface area contributed by atoms with Gasteiger partial charge in [-0.3, -0.25) is 4.98 Å². The van der Waals surface area contributed by atoms with Crippen LogP contribution in [0.5, 0.6) is 5.75 Å². The highest BCUT2D eigenvalue weighted by molar-refractivity contribution is 5.68. The second-order valence-electron chi connectivity index (χ2n) is 9.28. The van der Waals surface area contributed by atoms with E-state index in [2.05, 4.69) is 28.5 Å². The number of benzene rings is 1. The Kier molecular flexibility index (Phi) is 7.55. The van der Waals surface area contributed by atoms with Crippen LogP contribution in [0.4, 0.5) is 4.79 Å². The third kappa shape index (κ3) is 6.69. The second-order valence-corrected chi connectivity index (χ2v) is 9.28. The summed E-state index contributed by atoms with van der Waals surface area (Å²) in [7, 11) is 3.55. The van der Waals surface area contributed by atoms with E-state index in [-0.39, 0.29) is 12.1 Å². The molecule has 0 radical (unpaired) electrons. The molecule has 1 heterocycles. The Morgan fingerprint density at radius 1 is 1.10 bits per heavy atom. The van der Waals surface area contributed by atoms with Gasteiger partial charge in [-0.25, -0.2) is 4.79 Å². The summed E-state index contributed by atoms with van der Waals surface area (Å²) in [4.78, 5) is 18.2. The molecule has 0 unspecified atom stereocenters. The van der Waals surface area contributed by atoms with Crippen molar-refractivity contribution in [1.82, 2.24) is 15.2 Å². The Balaban J connectivity index is 1.54. The predicted molar refractivity (Wildman–Crippen MR) is 123 cm³/mol. The topological polar surface area (TPSA) is 63.7 Å². The van der Waals surface area contributed by atoms with E-state index in [0.29, 0.717) is 6.04 Å². The summed E-state index contributed by atoms with van der Waals surface area (Å²) in [5.41, 5.74) is 2.98. The summed E-state index contributed by atoms with van der Waals surface area (Å²) in [5, 5.41) is 3.69. The van der Waals surface area contributed by atoms with Gasteiger partial charge in [-0.05, 0) is 93.5 Å². The third-order valence-electron chi connectivity index (χ3n) is 5.74. The molecular weight excluding hydrogens is 390 g/mol. The highest BCUT2D eigenvalue weighted by Gasteiger charge is 2.29. The summed E-state index contributed by atoms with van der Waals surface area (Å²) in [6.07, 6.45) is 7.42. The molecule has 6 heteroatoms. The van der Waals surface area contributed by atoms with Crippen molar-refractivity contribution in [1.29, 1.82) is 0 Å². The van der Waals surface area contributed by atoms with E-state index in [1.165, 1.54) is 5.56 Å². The molecule has 0 atom stereocenters. The van der Waals surface area contributed by atoms with Crippen molar-refractivity contribution in [3.63, 3.8) is 0 Å². The Morgan fingerprint density at radius 3 is 2.39 bits per heavy atom. The van der Waals surface area contributed by atoms with Crippen molar-refractivity contribution in [3.05, 3.63) is 48.3 Å². The largest absolute Gasteiger partial charge is 0.497 e. The maximum Gasteiger partial charge on any atom is 0.410 e. The summed E-state index contributed by atoms with van der Waals surface area (Å²) in [5.74, 6) is 0.855. The SMILES string of the molecule is COc1cc(CNC2CCC(N(C)C(=O)OC(C)(C)C)CC2)cc(-c2ccncc2)c1. The minimum Gasteiger partial charge on any atom is -0.497 e. The summed E-state index contributed by atoms with van der Waals surface area (Å²) < 4.78 is 11.0. The number of amides is 1. The monoisotopic (exact) mass is 425 g/mol. The van der Waals surface area contributed by atoms with E-state index in [4.69, 9.17) is 9.47 Å². The van der Waals surface area contributed by atoms with Crippen molar-refractivity contribution in [2.45, 2.75) is 70.7 Å². The average Bonchev–Trinajstić information content (AvgIpc) is 2.76. The van der Waals surface area contributed by atoms with E-state index in [9.17, 15) is 4.79 Å². The Hall–Kier alpha value is -2.60. The summed E-state index contributed by atoms with van der Waals surface area (Å²) >= 11 is 0. The smallest absolute Gasteiger partial charge is 0.410 e. The number of pyridine rings is 1. The van der Waals surface area contributed by atoms with Crippen LogP contribution in [-0.2, 0) is 11.3 Å². The zero-order valence-corrected chi connectivity index (χ0v) is 19.4. The van der Waals surface area contributed by atoms with Crippen LogP contribution in [0, 0.1) is 0 Å². The van der Waals surface area contributed by atoms with E-state index >= 15 is 0 Å². The van der Waals surface area contributed by atoms with E-state index in [0.717, 1.165) is 49.1 Å². The van der Waals surface area contributed by atoms with Gasteiger partial charge in [0.1, 0.15) is 11.4 Å². The molecule has 6 nitrogen and oxygen atoms in total. The first-order chi connectivity index (χ1) is 14.7. The van der Waals surface area contributed by atoms with Gasteiger partial charge in [-0.2, -0.15) is 0 Å². The molecule has 1 aromatic carbocycles. The Morgan fingerprint density at radius 2 is 1.77 bits per heavy atom. The second kappa shape index (κ2) is 10.1. The highest BCUT2D eigenvalue weighted by Crippen LogP contribution is 2.27. The van der Waals surface area contributed by atoms with Gasteiger partial charge in [0.05, 0.1) is 7.11 Å². The first-order valence-corrected chi connectivity index (χ1v) is 11.0. The highest BCUT2D eigenvalue weighted by atomic mass is 16.6. The molecule has 1 amide bonds. The molecule has 1 N–H and O–H groups in total. The van der Waals surface area contributed by atoms with E-state index in [1.807, 2.05) is 40.0 Å². The molecular formula is C25H35N3O3. The fraction of sp³-hybridized carbons (Fsp3) is 0.520. The number of carbonyl (C=O) groups excluding carboxylic acids is 1. The van der Waals surface area contributed by atoms with Gasteiger partial charge in [0, 0.05) is 38.1 Å².